The van der Waals surface area contributed by atoms with Crippen LogP contribution in [0.25, 0.3) is 16.0 Å². The Labute approximate surface area is 228 Å². The van der Waals surface area contributed by atoms with Crippen LogP contribution in [0.2, 0.25) is 5.02 Å². The number of fused-ring (bicyclic) bond motifs is 1. The van der Waals surface area contributed by atoms with Gasteiger partial charge in [-0.2, -0.15) is 0 Å². The Bertz CT molecular complexity index is 1580. The van der Waals surface area contributed by atoms with Gasteiger partial charge in [-0.1, -0.05) is 47.7 Å². The van der Waals surface area contributed by atoms with Crippen molar-refractivity contribution in [3.8, 4) is 11.5 Å². The lowest BCUT2D eigenvalue weighted by Gasteiger charge is -2.23. The number of ketones is 1. The van der Waals surface area contributed by atoms with Crippen molar-refractivity contribution in [1.82, 2.24) is 4.98 Å². The molecule has 4 aromatic rings. The standard InChI is InChI=1S/C29H23ClN2O5S/c1-3-14-37-21-7-5-6-18(15-21)25-24(26(33)17-8-11-20(12-9-17)36-4-2)27(34)28(35)32(25)29-31-22-13-10-19(30)16-23(22)38-29/h3,5-13,15-16,25,33H,1,4,14H2,2H3. The number of aliphatic hydroxyl groups excluding tert-OH is 1. The third kappa shape index (κ3) is 4.76. The molecule has 1 saturated heterocycles. The highest BCUT2D eigenvalue weighted by molar-refractivity contribution is 7.22. The number of amides is 1. The molecule has 3 aromatic carbocycles. The predicted molar refractivity (Wildman–Crippen MR) is 149 cm³/mol. The van der Waals surface area contributed by atoms with E-state index in [0.29, 0.717) is 44.9 Å². The minimum atomic E-state index is -0.940. The van der Waals surface area contributed by atoms with E-state index in [1.54, 1.807) is 72.8 Å². The number of thiazole rings is 1. The quantitative estimate of drug-likeness (QED) is 0.117. The fourth-order valence-electron chi connectivity index (χ4n) is 4.30. The van der Waals surface area contributed by atoms with Gasteiger partial charge in [-0.05, 0) is 67.1 Å². The Kier molecular flexibility index (Phi) is 7.18. The van der Waals surface area contributed by atoms with Crippen molar-refractivity contribution in [2.24, 2.45) is 0 Å². The maximum Gasteiger partial charge on any atom is 0.301 e. The Morgan fingerprint density at radius 1 is 1.11 bits per heavy atom. The van der Waals surface area contributed by atoms with E-state index in [9.17, 15) is 14.7 Å². The number of anilines is 1. The summed E-state index contributed by atoms with van der Waals surface area (Å²) in [7, 11) is 0. The molecule has 1 amide bonds. The van der Waals surface area contributed by atoms with Gasteiger partial charge in [-0.3, -0.25) is 14.5 Å². The lowest BCUT2D eigenvalue weighted by atomic mass is 9.95. The van der Waals surface area contributed by atoms with E-state index in [2.05, 4.69) is 11.6 Å². The maximum atomic E-state index is 13.5. The number of benzene rings is 3. The molecule has 1 unspecified atom stereocenters. The van der Waals surface area contributed by atoms with Crippen molar-refractivity contribution in [3.63, 3.8) is 0 Å². The number of Topliss-reactive ketones (excluding diaryl/α,β-unsaturated/α-hetero) is 1. The van der Waals surface area contributed by atoms with E-state index in [0.717, 1.165) is 4.70 Å². The number of carbonyl (C=O) groups is 2. The number of hydrogen-bond donors (Lipinski definition) is 1. The fraction of sp³-hybridized carbons (Fsp3) is 0.138. The monoisotopic (exact) mass is 546 g/mol. The molecule has 1 atom stereocenters. The van der Waals surface area contributed by atoms with Crippen molar-refractivity contribution < 1.29 is 24.2 Å². The summed E-state index contributed by atoms with van der Waals surface area (Å²) in [6.45, 7) is 6.33. The molecule has 0 bridgehead atoms. The fourth-order valence-corrected chi connectivity index (χ4v) is 5.56. The van der Waals surface area contributed by atoms with Gasteiger partial charge in [-0.15, -0.1) is 0 Å². The van der Waals surface area contributed by atoms with Crippen LogP contribution in [0.4, 0.5) is 5.13 Å². The number of hydrogen-bond acceptors (Lipinski definition) is 7. The van der Waals surface area contributed by atoms with Gasteiger partial charge in [0.15, 0.2) is 5.13 Å². The summed E-state index contributed by atoms with van der Waals surface area (Å²) in [5, 5.41) is 12.2. The molecule has 9 heteroatoms. The molecular weight excluding hydrogens is 524 g/mol. The topological polar surface area (TPSA) is 89.0 Å². The van der Waals surface area contributed by atoms with Gasteiger partial charge in [-0.25, -0.2) is 4.98 Å². The normalized spacial score (nSPS) is 16.7. The molecule has 7 nitrogen and oxygen atoms in total. The highest BCUT2D eigenvalue weighted by atomic mass is 35.5. The van der Waals surface area contributed by atoms with Gasteiger partial charge in [0.25, 0.3) is 5.78 Å². The summed E-state index contributed by atoms with van der Waals surface area (Å²) in [4.78, 5) is 32.9. The van der Waals surface area contributed by atoms with Gasteiger partial charge in [0.05, 0.1) is 28.4 Å². The first-order valence-corrected chi connectivity index (χ1v) is 13.0. The second kappa shape index (κ2) is 10.7. The first kappa shape index (κ1) is 25.5. The van der Waals surface area contributed by atoms with Crippen molar-refractivity contribution in [3.05, 3.63) is 101 Å². The Morgan fingerprint density at radius 2 is 1.89 bits per heavy atom. The van der Waals surface area contributed by atoms with E-state index < -0.39 is 17.7 Å². The molecule has 38 heavy (non-hydrogen) atoms. The second-order valence-electron chi connectivity index (χ2n) is 8.41. The molecule has 0 radical (unpaired) electrons. The number of rotatable bonds is 8. The Balaban J connectivity index is 1.68. The summed E-state index contributed by atoms with van der Waals surface area (Å²) in [5.74, 6) is -0.729. The van der Waals surface area contributed by atoms with Gasteiger partial charge < -0.3 is 14.6 Å². The third-order valence-electron chi connectivity index (χ3n) is 5.97. The number of halogens is 1. The summed E-state index contributed by atoms with van der Waals surface area (Å²) in [6, 6.07) is 18.0. The highest BCUT2D eigenvalue weighted by Crippen LogP contribution is 2.45. The highest BCUT2D eigenvalue weighted by Gasteiger charge is 2.48. The van der Waals surface area contributed by atoms with E-state index >= 15 is 0 Å². The minimum absolute atomic E-state index is 0.0441. The molecule has 1 aromatic heterocycles. The molecule has 0 spiro atoms. The smallest absolute Gasteiger partial charge is 0.301 e. The molecular formula is C29H23ClN2O5S. The van der Waals surface area contributed by atoms with Gasteiger partial charge in [0.2, 0.25) is 0 Å². The molecule has 192 valence electrons. The van der Waals surface area contributed by atoms with Crippen LogP contribution in [0.1, 0.15) is 24.1 Å². The first-order valence-electron chi connectivity index (χ1n) is 11.8. The van der Waals surface area contributed by atoms with Crippen molar-refractivity contribution >= 4 is 55.7 Å². The minimum Gasteiger partial charge on any atom is -0.507 e. The average molecular weight is 547 g/mol. The molecule has 5 rings (SSSR count). The van der Waals surface area contributed by atoms with Crippen LogP contribution in [0.5, 0.6) is 11.5 Å². The molecule has 1 aliphatic rings. The number of nitrogens with zero attached hydrogens (tertiary/aromatic N) is 2. The molecule has 1 N–H and O–H groups in total. The average Bonchev–Trinajstić information content (AvgIpc) is 3.45. The van der Waals surface area contributed by atoms with Crippen molar-refractivity contribution in [2.45, 2.75) is 13.0 Å². The largest absolute Gasteiger partial charge is 0.507 e. The van der Waals surface area contributed by atoms with Crippen LogP contribution < -0.4 is 14.4 Å². The van der Waals surface area contributed by atoms with Crippen LogP contribution in [0, 0.1) is 0 Å². The first-order chi connectivity index (χ1) is 18.4. The lowest BCUT2D eigenvalue weighted by Crippen LogP contribution is -2.29. The molecule has 1 aliphatic heterocycles. The van der Waals surface area contributed by atoms with E-state index in [-0.39, 0.29) is 17.9 Å². The molecule has 2 heterocycles. The lowest BCUT2D eigenvalue weighted by molar-refractivity contribution is -0.132. The SMILES string of the molecule is C=CCOc1cccc(C2C(=C(O)c3ccc(OCC)cc3)C(=O)C(=O)N2c2nc3ccc(Cl)cc3s2)c1. The number of aliphatic hydroxyl groups is 1. The van der Waals surface area contributed by atoms with Crippen LogP contribution >= 0.6 is 22.9 Å². The molecule has 1 fully saturated rings. The van der Waals surface area contributed by atoms with Gasteiger partial charge in [0, 0.05) is 10.6 Å². The third-order valence-corrected chi connectivity index (χ3v) is 7.22. The second-order valence-corrected chi connectivity index (χ2v) is 9.85. The van der Waals surface area contributed by atoms with Gasteiger partial charge >= 0.3 is 5.91 Å². The van der Waals surface area contributed by atoms with E-state index in [4.69, 9.17) is 21.1 Å². The van der Waals surface area contributed by atoms with E-state index in [1.165, 1.54) is 16.2 Å². The van der Waals surface area contributed by atoms with Crippen LogP contribution in [-0.4, -0.2) is 35.0 Å². The Morgan fingerprint density at radius 3 is 2.63 bits per heavy atom. The summed E-state index contributed by atoms with van der Waals surface area (Å²) >= 11 is 7.40. The number of ether oxygens (including phenoxy) is 2. The van der Waals surface area contributed by atoms with Crippen LogP contribution in [0.15, 0.2) is 85.0 Å². The van der Waals surface area contributed by atoms with Crippen LogP contribution in [0.3, 0.4) is 0 Å². The summed E-state index contributed by atoms with van der Waals surface area (Å²) in [5.41, 5.74) is 1.56. The maximum absolute atomic E-state index is 13.5. The van der Waals surface area contributed by atoms with Crippen LogP contribution in [-0.2, 0) is 9.59 Å². The number of carbonyl (C=O) groups excluding carboxylic acids is 2. The van der Waals surface area contributed by atoms with E-state index in [1.807, 2.05) is 6.92 Å². The molecule has 0 saturated carbocycles. The van der Waals surface area contributed by atoms with Crippen molar-refractivity contribution in [1.29, 1.82) is 0 Å². The Hall–Kier alpha value is -4.14. The zero-order valence-corrected chi connectivity index (χ0v) is 22.0. The molecule has 0 aliphatic carbocycles. The summed E-state index contributed by atoms with van der Waals surface area (Å²) in [6.07, 6.45) is 1.62. The summed E-state index contributed by atoms with van der Waals surface area (Å²) < 4.78 is 12.0. The zero-order valence-electron chi connectivity index (χ0n) is 20.4. The number of aromatic nitrogens is 1. The zero-order chi connectivity index (χ0) is 26.8. The van der Waals surface area contributed by atoms with Crippen molar-refractivity contribution in [2.75, 3.05) is 18.1 Å². The predicted octanol–water partition coefficient (Wildman–Crippen LogP) is 6.54. The van der Waals surface area contributed by atoms with Gasteiger partial charge in [0.1, 0.15) is 23.9 Å².